The van der Waals surface area contributed by atoms with Crippen LogP contribution in [0.3, 0.4) is 0 Å². The van der Waals surface area contributed by atoms with E-state index in [4.69, 9.17) is 9.47 Å². The summed E-state index contributed by atoms with van der Waals surface area (Å²) < 4.78 is 11.1. The molecular formula is C18H18N2O4. The summed E-state index contributed by atoms with van der Waals surface area (Å²) >= 11 is 0. The van der Waals surface area contributed by atoms with Crippen LogP contribution in [0.25, 0.3) is 0 Å². The second-order valence-electron chi connectivity index (χ2n) is 5.89. The lowest BCUT2D eigenvalue weighted by Crippen LogP contribution is -2.09. The van der Waals surface area contributed by atoms with Gasteiger partial charge < -0.3 is 14.6 Å². The topological polar surface area (TPSA) is 81.5 Å². The highest BCUT2D eigenvalue weighted by molar-refractivity contribution is 5.93. The maximum absolute atomic E-state index is 11.6. The Morgan fingerprint density at radius 3 is 2.88 bits per heavy atom. The Hall–Kier alpha value is -2.89. The van der Waals surface area contributed by atoms with E-state index in [1.165, 1.54) is 24.6 Å². The highest BCUT2D eigenvalue weighted by Crippen LogP contribution is 2.41. The number of carboxylic acids is 1. The Kier molecular flexibility index (Phi) is 4.46. The van der Waals surface area contributed by atoms with E-state index >= 15 is 0 Å². The average Bonchev–Trinajstić information content (AvgIpc) is 3.38. The van der Waals surface area contributed by atoms with E-state index in [2.05, 4.69) is 22.8 Å². The fraction of sp³-hybridized carbons (Fsp3) is 0.278. The van der Waals surface area contributed by atoms with Crippen molar-refractivity contribution < 1.29 is 19.4 Å². The number of carboxylic acid groups (broad SMARTS) is 1. The molecule has 0 bridgehead atoms. The number of rotatable bonds is 7. The molecule has 1 aliphatic carbocycles. The van der Waals surface area contributed by atoms with Gasteiger partial charge in [-0.15, -0.1) is 5.10 Å². The van der Waals surface area contributed by atoms with Crippen LogP contribution in [0.1, 0.15) is 41.6 Å². The van der Waals surface area contributed by atoms with E-state index in [1.807, 2.05) is 12.1 Å². The number of nitrogens with zero attached hydrogens (tertiary/aromatic N) is 2. The molecule has 0 spiro atoms. The molecule has 0 aliphatic heterocycles. The van der Waals surface area contributed by atoms with Crippen LogP contribution in [0.15, 0.2) is 42.6 Å². The molecule has 3 rings (SSSR count). The van der Waals surface area contributed by atoms with E-state index < -0.39 is 5.97 Å². The summed E-state index contributed by atoms with van der Waals surface area (Å²) in [7, 11) is 0. The van der Waals surface area contributed by atoms with Gasteiger partial charge in [0, 0.05) is 0 Å². The van der Waals surface area contributed by atoms with Gasteiger partial charge >= 0.3 is 5.97 Å². The van der Waals surface area contributed by atoms with Gasteiger partial charge in [-0.3, -0.25) is 0 Å². The van der Waals surface area contributed by atoms with E-state index in [0.29, 0.717) is 11.7 Å². The molecule has 0 amide bonds. The van der Waals surface area contributed by atoms with Crippen LogP contribution in [-0.4, -0.2) is 27.9 Å². The minimum Gasteiger partial charge on any atom is -0.477 e. The molecule has 2 aromatic rings. The van der Waals surface area contributed by atoms with Crippen LogP contribution in [-0.2, 0) is 0 Å². The fourth-order valence-corrected chi connectivity index (χ4v) is 2.30. The third-order valence-corrected chi connectivity index (χ3v) is 3.59. The van der Waals surface area contributed by atoms with Crippen molar-refractivity contribution in [1.29, 1.82) is 0 Å². The Labute approximate surface area is 139 Å². The van der Waals surface area contributed by atoms with Gasteiger partial charge in [-0.2, -0.15) is 5.10 Å². The number of aromatic carboxylic acids is 1. The Bertz CT molecular complexity index is 784. The first-order chi connectivity index (χ1) is 11.5. The molecular weight excluding hydrogens is 308 g/mol. The number of carbonyl (C=O) groups is 1. The second kappa shape index (κ2) is 6.70. The zero-order chi connectivity index (χ0) is 17.1. The molecule has 1 aromatic heterocycles. The molecule has 1 N–H and O–H groups in total. The largest absolute Gasteiger partial charge is 0.477 e. The van der Waals surface area contributed by atoms with E-state index in [9.17, 15) is 9.90 Å². The highest BCUT2D eigenvalue weighted by Gasteiger charge is 2.25. The van der Waals surface area contributed by atoms with Crippen molar-refractivity contribution in [3.8, 4) is 17.4 Å². The Morgan fingerprint density at radius 2 is 2.21 bits per heavy atom. The summed E-state index contributed by atoms with van der Waals surface area (Å²) in [5.41, 5.74) is 1.80. The molecule has 0 unspecified atom stereocenters. The monoisotopic (exact) mass is 326 g/mol. The van der Waals surface area contributed by atoms with Gasteiger partial charge in [-0.05, 0) is 49.0 Å². The Morgan fingerprint density at radius 1 is 1.42 bits per heavy atom. The van der Waals surface area contributed by atoms with Crippen LogP contribution in [0.4, 0.5) is 0 Å². The van der Waals surface area contributed by atoms with Crippen molar-refractivity contribution in [2.45, 2.75) is 25.7 Å². The normalized spacial score (nSPS) is 13.4. The number of ether oxygens (including phenoxy) is 2. The minimum atomic E-state index is -1.19. The third-order valence-electron chi connectivity index (χ3n) is 3.59. The van der Waals surface area contributed by atoms with Crippen LogP contribution < -0.4 is 9.47 Å². The summed E-state index contributed by atoms with van der Waals surface area (Å²) in [6.07, 6.45) is 3.64. The van der Waals surface area contributed by atoms with E-state index in [1.54, 1.807) is 13.0 Å². The van der Waals surface area contributed by atoms with Crippen molar-refractivity contribution in [2.24, 2.45) is 0 Å². The van der Waals surface area contributed by atoms with Gasteiger partial charge in [-0.1, -0.05) is 18.7 Å². The van der Waals surface area contributed by atoms with Crippen LogP contribution >= 0.6 is 0 Å². The van der Waals surface area contributed by atoms with Gasteiger partial charge in [0.05, 0.1) is 6.20 Å². The molecule has 0 atom stereocenters. The van der Waals surface area contributed by atoms with Crippen molar-refractivity contribution >= 4 is 5.97 Å². The first-order valence-electron chi connectivity index (χ1n) is 7.68. The van der Waals surface area contributed by atoms with Gasteiger partial charge in [0.2, 0.25) is 0 Å². The first-order valence-corrected chi connectivity index (χ1v) is 7.68. The fourth-order valence-electron chi connectivity index (χ4n) is 2.30. The van der Waals surface area contributed by atoms with E-state index in [-0.39, 0.29) is 23.8 Å². The smallest absolute Gasteiger partial charge is 0.345 e. The lowest BCUT2D eigenvalue weighted by atomic mass is 10.1. The molecule has 6 heteroatoms. The molecule has 1 aromatic carbocycles. The summed E-state index contributed by atoms with van der Waals surface area (Å²) in [6.45, 7) is 5.65. The third kappa shape index (κ3) is 3.71. The van der Waals surface area contributed by atoms with Crippen LogP contribution in [0.5, 0.6) is 17.4 Å². The number of benzene rings is 1. The molecule has 6 nitrogen and oxygen atoms in total. The molecule has 1 fully saturated rings. The SMILES string of the molecule is C=C(C)COc1nncc(Oc2cccc(C3CC3)c2)c1C(=O)O. The van der Waals surface area contributed by atoms with E-state index in [0.717, 1.165) is 5.57 Å². The quantitative estimate of drug-likeness (QED) is 0.779. The molecule has 124 valence electrons. The lowest BCUT2D eigenvalue weighted by molar-refractivity contribution is 0.0688. The number of hydrogen-bond donors (Lipinski definition) is 1. The van der Waals surface area contributed by atoms with Crippen LogP contribution in [0.2, 0.25) is 0 Å². The van der Waals surface area contributed by atoms with Gasteiger partial charge in [0.15, 0.2) is 11.3 Å². The summed E-state index contributed by atoms with van der Waals surface area (Å²) in [4.78, 5) is 11.6. The lowest BCUT2D eigenvalue weighted by Gasteiger charge is -2.12. The standard InChI is InChI=1S/C18H18N2O4/c1-11(2)10-23-17-16(18(21)22)15(9-19-20-17)24-14-5-3-4-13(8-14)12-6-7-12/h3-5,8-9,12H,1,6-7,10H2,2H3,(H,21,22). The molecule has 1 heterocycles. The predicted octanol–water partition coefficient (Wildman–Crippen LogP) is 3.80. The van der Waals surface area contributed by atoms with Gasteiger partial charge in [0.25, 0.3) is 5.88 Å². The van der Waals surface area contributed by atoms with Crippen molar-refractivity contribution in [2.75, 3.05) is 6.61 Å². The average molecular weight is 326 g/mol. The molecule has 0 saturated heterocycles. The summed E-state index contributed by atoms with van der Waals surface area (Å²) in [5.74, 6) is -0.0169. The molecule has 24 heavy (non-hydrogen) atoms. The molecule has 0 radical (unpaired) electrons. The van der Waals surface area contributed by atoms with Crippen LogP contribution in [0, 0.1) is 0 Å². The Balaban J connectivity index is 1.89. The van der Waals surface area contributed by atoms with Crippen molar-refractivity contribution in [3.63, 3.8) is 0 Å². The van der Waals surface area contributed by atoms with Crippen molar-refractivity contribution in [1.82, 2.24) is 10.2 Å². The minimum absolute atomic E-state index is 0.0821. The molecule has 1 saturated carbocycles. The zero-order valence-electron chi connectivity index (χ0n) is 13.4. The van der Waals surface area contributed by atoms with Gasteiger partial charge in [0.1, 0.15) is 12.4 Å². The number of aromatic nitrogens is 2. The second-order valence-corrected chi connectivity index (χ2v) is 5.89. The maximum atomic E-state index is 11.6. The zero-order valence-corrected chi connectivity index (χ0v) is 13.4. The highest BCUT2D eigenvalue weighted by atomic mass is 16.5. The first kappa shape index (κ1) is 16.0. The number of hydrogen-bond acceptors (Lipinski definition) is 5. The van der Waals surface area contributed by atoms with Crippen molar-refractivity contribution in [3.05, 3.63) is 53.7 Å². The van der Waals surface area contributed by atoms with Gasteiger partial charge in [-0.25, -0.2) is 4.79 Å². The molecule has 1 aliphatic rings. The summed E-state index contributed by atoms with van der Waals surface area (Å²) in [5, 5.41) is 17.0. The maximum Gasteiger partial charge on any atom is 0.345 e. The predicted molar refractivity (Wildman–Crippen MR) is 87.8 cm³/mol. The summed E-state index contributed by atoms with van der Waals surface area (Å²) in [6, 6.07) is 7.66.